The number of fused-ring (bicyclic) bond motifs is 1. The summed E-state index contributed by atoms with van der Waals surface area (Å²) in [4.78, 5) is 0.687. The number of hydrogen-bond donors (Lipinski definition) is 0. The molecule has 0 unspecified atom stereocenters. The molecule has 0 amide bonds. The number of furan rings is 1. The maximum atomic E-state index is 10.4. The molecule has 0 spiro atoms. The van der Waals surface area contributed by atoms with Gasteiger partial charge in [0, 0.05) is 15.7 Å². The first-order valence-electron chi connectivity index (χ1n) is 3.17. The third kappa shape index (κ3) is 1.03. The van der Waals surface area contributed by atoms with E-state index in [-0.39, 0.29) is 0 Å². The van der Waals surface area contributed by atoms with Gasteiger partial charge in [0.2, 0.25) is 0 Å². The van der Waals surface area contributed by atoms with Gasteiger partial charge < -0.3 is 4.42 Å². The quantitative estimate of drug-likeness (QED) is 0.606. The Kier molecular flexibility index (Phi) is 1.43. The molecule has 0 bridgehead atoms. The minimum atomic E-state index is 0.477. The van der Waals surface area contributed by atoms with Gasteiger partial charge in [0.05, 0.1) is 12.3 Å². The van der Waals surface area contributed by atoms with E-state index in [1.807, 2.05) is 12.1 Å². The van der Waals surface area contributed by atoms with Gasteiger partial charge in [0.25, 0.3) is 4.90 Å². The minimum Gasteiger partial charge on any atom is -0.464 e. The molecule has 2 rings (SSSR count). The van der Waals surface area contributed by atoms with Crippen LogP contribution in [-0.2, 0) is 15.9 Å². The lowest BCUT2D eigenvalue weighted by atomic mass is 10.3. The molecular formula is C8H5O2S+. The van der Waals surface area contributed by atoms with Crippen molar-refractivity contribution >= 4 is 22.6 Å². The molecule has 1 heterocycles. The summed E-state index contributed by atoms with van der Waals surface area (Å²) in [6, 6.07) is 7.27. The second-order valence-corrected chi connectivity index (χ2v) is 2.84. The van der Waals surface area contributed by atoms with Crippen LogP contribution >= 0.6 is 0 Å². The molecule has 2 nitrogen and oxygen atoms in total. The Morgan fingerprint density at radius 3 is 3.00 bits per heavy atom. The highest BCUT2D eigenvalue weighted by molar-refractivity contribution is 7.65. The van der Waals surface area contributed by atoms with Gasteiger partial charge in [-0.15, -0.1) is 0 Å². The summed E-state index contributed by atoms with van der Waals surface area (Å²) in [6.45, 7) is 0. The molecule has 0 aliphatic carbocycles. The number of benzene rings is 1. The maximum Gasteiger partial charge on any atom is 0.505 e. The highest BCUT2D eigenvalue weighted by Gasteiger charge is 2.07. The highest BCUT2D eigenvalue weighted by Crippen LogP contribution is 2.16. The van der Waals surface area contributed by atoms with Crippen molar-refractivity contribution in [3.8, 4) is 0 Å². The lowest BCUT2D eigenvalue weighted by molar-refractivity contribution is 0.603. The predicted octanol–water partition coefficient (Wildman–Crippen LogP) is 2.22. The van der Waals surface area contributed by atoms with Crippen molar-refractivity contribution in [1.29, 1.82) is 0 Å². The Morgan fingerprint density at radius 1 is 1.27 bits per heavy atom. The number of hydrogen-bond acceptors (Lipinski definition) is 2. The van der Waals surface area contributed by atoms with Crippen LogP contribution in [0.25, 0.3) is 11.0 Å². The maximum absolute atomic E-state index is 10.4. The van der Waals surface area contributed by atoms with E-state index in [1.54, 1.807) is 18.4 Å². The van der Waals surface area contributed by atoms with E-state index in [1.165, 1.54) is 0 Å². The van der Waals surface area contributed by atoms with Gasteiger partial charge in [0.15, 0.2) is 0 Å². The van der Waals surface area contributed by atoms with Crippen molar-refractivity contribution in [2.24, 2.45) is 0 Å². The van der Waals surface area contributed by atoms with Crippen molar-refractivity contribution in [2.75, 3.05) is 0 Å². The second-order valence-electron chi connectivity index (χ2n) is 2.20. The summed E-state index contributed by atoms with van der Waals surface area (Å²) in [6.07, 6.45) is 1.61. The van der Waals surface area contributed by atoms with Crippen LogP contribution in [0.2, 0.25) is 0 Å². The van der Waals surface area contributed by atoms with Gasteiger partial charge in [-0.05, 0) is 12.1 Å². The molecule has 0 radical (unpaired) electrons. The van der Waals surface area contributed by atoms with E-state index in [9.17, 15) is 4.21 Å². The average Bonchev–Trinajstić information content (AvgIpc) is 2.50. The van der Waals surface area contributed by atoms with Crippen molar-refractivity contribution in [1.82, 2.24) is 0 Å². The minimum absolute atomic E-state index is 0.477. The fourth-order valence-electron chi connectivity index (χ4n) is 0.987. The first kappa shape index (κ1) is 6.49. The van der Waals surface area contributed by atoms with Crippen molar-refractivity contribution < 1.29 is 8.63 Å². The molecule has 1 aromatic carbocycles. The predicted molar refractivity (Wildman–Crippen MR) is 42.5 cm³/mol. The van der Waals surface area contributed by atoms with Crippen molar-refractivity contribution in [3.63, 3.8) is 0 Å². The van der Waals surface area contributed by atoms with Gasteiger partial charge in [0.1, 0.15) is 5.58 Å². The SMILES string of the molecule is O=[S+]c1ccc2ccoc2c1. The summed E-state index contributed by atoms with van der Waals surface area (Å²) in [7, 11) is 0. The molecule has 0 N–H and O–H groups in total. The molecule has 54 valence electrons. The lowest BCUT2D eigenvalue weighted by Crippen LogP contribution is -1.70. The van der Waals surface area contributed by atoms with Crippen molar-refractivity contribution in [2.45, 2.75) is 4.90 Å². The molecule has 0 aliphatic rings. The van der Waals surface area contributed by atoms with E-state index in [2.05, 4.69) is 0 Å². The Labute approximate surface area is 67.3 Å². The molecule has 0 aliphatic heterocycles. The topological polar surface area (TPSA) is 30.2 Å². The highest BCUT2D eigenvalue weighted by atomic mass is 32.1. The van der Waals surface area contributed by atoms with E-state index in [0.717, 1.165) is 11.0 Å². The van der Waals surface area contributed by atoms with Crippen LogP contribution in [0.15, 0.2) is 39.8 Å². The van der Waals surface area contributed by atoms with Crippen LogP contribution in [-0.4, -0.2) is 0 Å². The Morgan fingerprint density at radius 2 is 2.18 bits per heavy atom. The Bertz CT molecular complexity index is 392. The molecule has 0 saturated carbocycles. The van der Waals surface area contributed by atoms with E-state index >= 15 is 0 Å². The molecule has 0 fully saturated rings. The fourth-order valence-corrected chi connectivity index (χ4v) is 1.27. The van der Waals surface area contributed by atoms with E-state index < -0.39 is 0 Å². The zero-order chi connectivity index (χ0) is 7.68. The third-order valence-corrected chi connectivity index (χ3v) is 1.97. The van der Waals surface area contributed by atoms with E-state index in [0.29, 0.717) is 16.6 Å². The standard InChI is InChI=1S/C8H5O2S/c9-11-7-2-1-6-3-4-10-8(6)5-7/h1-5H/q+1. The van der Waals surface area contributed by atoms with Crippen LogP contribution in [0, 0.1) is 0 Å². The van der Waals surface area contributed by atoms with Gasteiger partial charge >= 0.3 is 11.7 Å². The molecule has 3 heteroatoms. The average molecular weight is 165 g/mol. The van der Waals surface area contributed by atoms with Crippen LogP contribution in [0.5, 0.6) is 0 Å². The largest absolute Gasteiger partial charge is 0.505 e. The summed E-state index contributed by atoms with van der Waals surface area (Å²) in [5.41, 5.74) is 0.769. The second kappa shape index (κ2) is 2.43. The summed E-state index contributed by atoms with van der Waals surface area (Å²) in [5, 5.41) is 1.03. The Hall–Kier alpha value is -1.22. The molecule has 2 aromatic rings. The van der Waals surface area contributed by atoms with Crippen molar-refractivity contribution in [3.05, 3.63) is 30.5 Å². The zero-order valence-corrected chi connectivity index (χ0v) is 6.43. The smallest absolute Gasteiger partial charge is 0.464 e. The monoisotopic (exact) mass is 165 g/mol. The van der Waals surface area contributed by atoms with Gasteiger partial charge in [-0.25, -0.2) is 0 Å². The van der Waals surface area contributed by atoms with Gasteiger partial charge in [-0.3, -0.25) is 0 Å². The first-order valence-corrected chi connectivity index (χ1v) is 3.91. The summed E-state index contributed by atoms with van der Waals surface area (Å²) >= 11 is 0.477. The zero-order valence-electron chi connectivity index (χ0n) is 5.61. The van der Waals surface area contributed by atoms with Crippen LogP contribution in [0.3, 0.4) is 0 Å². The lowest BCUT2D eigenvalue weighted by Gasteiger charge is -1.81. The van der Waals surface area contributed by atoms with Gasteiger partial charge in [-0.2, -0.15) is 0 Å². The van der Waals surface area contributed by atoms with E-state index in [4.69, 9.17) is 4.42 Å². The van der Waals surface area contributed by atoms with Crippen LogP contribution < -0.4 is 0 Å². The van der Waals surface area contributed by atoms with Gasteiger partial charge in [-0.1, -0.05) is 0 Å². The first-order chi connectivity index (χ1) is 5.40. The number of rotatable bonds is 1. The van der Waals surface area contributed by atoms with Crippen LogP contribution in [0.1, 0.15) is 0 Å². The third-order valence-electron chi connectivity index (χ3n) is 1.52. The summed E-state index contributed by atoms with van der Waals surface area (Å²) < 4.78 is 15.5. The molecule has 0 saturated heterocycles. The fraction of sp³-hybridized carbons (Fsp3) is 0. The summed E-state index contributed by atoms with van der Waals surface area (Å²) in [5.74, 6) is 0. The van der Waals surface area contributed by atoms with Crippen LogP contribution in [0.4, 0.5) is 0 Å². The molecule has 0 atom stereocenters. The molecule has 11 heavy (non-hydrogen) atoms. The normalized spacial score (nSPS) is 10.2. The molecule has 1 aromatic heterocycles. The molecular weight excluding hydrogens is 160 g/mol. The Balaban J connectivity index is 2.76.